The van der Waals surface area contributed by atoms with E-state index in [1.807, 2.05) is 6.92 Å². The van der Waals surface area contributed by atoms with E-state index in [0.717, 1.165) is 25.9 Å². The number of piperidine rings is 1. The van der Waals surface area contributed by atoms with Gasteiger partial charge in [0.25, 0.3) is 0 Å². The van der Waals surface area contributed by atoms with E-state index in [1.54, 1.807) is 26.1 Å². The summed E-state index contributed by atoms with van der Waals surface area (Å²) in [6.45, 7) is 3.90. The molecule has 0 N–H and O–H groups in total. The molecular formula is C11H22N2O2. The Balaban J connectivity index is 2.42. The van der Waals surface area contributed by atoms with Gasteiger partial charge in [0.1, 0.15) is 0 Å². The number of carbonyl (C=O) groups excluding carboxylic acids is 1. The Bertz CT molecular complexity index is 211. The Kier molecular flexibility index (Phi) is 4.54. The van der Waals surface area contributed by atoms with Crippen molar-refractivity contribution in [1.29, 1.82) is 0 Å². The highest BCUT2D eigenvalue weighted by atomic mass is 16.5. The van der Waals surface area contributed by atoms with Gasteiger partial charge in [-0.3, -0.25) is 9.69 Å². The third kappa shape index (κ3) is 3.18. The van der Waals surface area contributed by atoms with Crippen molar-refractivity contribution in [2.24, 2.45) is 0 Å². The molecule has 0 radical (unpaired) electrons. The normalized spacial score (nSPS) is 21.3. The lowest BCUT2D eigenvalue weighted by Gasteiger charge is -2.35. The first-order chi connectivity index (χ1) is 7.06. The molecule has 0 spiro atoms. The number of rotatable bonds is 3. The van der Waals surface area contributed by atoms with Crippen molar-refractivity contribution >= 4 is 5.91 Å². The van der Waals surface area contributed by atoms with Gasteiger partial charge < -0.3 is 9.64 Å². The second-order valence-corrected chi connectivity index (χ2v) is 4.38. The smallest absolute Gasteiger partial charge is 0.239 e. The van der Waals surface area contributed by atoms with Crippen LogP contribution in [0.4, 0.5) is 0 Å². The zero-order valence-electron chi connectivity index (χ0n) is 10.2. The molecule has 1 aliphatic rings. The van der Waals surface area contributed by atoms with Crippen molar-refractivity contribution in [1.82, 2.24) is 9.80 Å². The lowest BCUT2D eigenvalue weighted by Crippen LogP contribution is -2.48. The number of hydrogen-bond acceptors (Lipinski definition) is 3. The lowest BCUT2D eigenvalue weighted by molar-refractivity contribution is -0.134. The fraction of sp³-hybridized carbons (Fsp3) is 0.909. The maximum absolute atomic E-state index is 11.7. The predicted molar refractivity (Wildman–Crippen MR) is 59.8 cm³/mol. The largest absolute Gasteiger partial charge is 0.381 e. The molecule has 1 fully saturated rings. The summed E-state index contributed by atoms with van der Waals surface area (Å²) < 4.78 is 5.31. The van der Waals surface area contributed by atoms with E-state index in [-0.39, 0.29) is 11.9 Å². The highest BCUT2D eigenvalue weighted by Crippen LogP contribution is 2.15. The molecule has 88 valence electrons. The summed E-state index contributed by atoms with van der Waals surface area (Å²) >= 11 is 0. The Labute approximate surface area is 92.2 Å². The van der Waals surface area contributed by atoms with Gasteiger partial charge in [-0.2, -0.15) is 0 Å². The van der Waals surface area contributed by atoms with Gasteiger partial charge in [-0.1, -0.05) is 0 Å². The van der Waals surface area contributed by atoms with Crippen molar-refractivity contribution in [3.05, 3.63) is 0 Å². The van der Waals surface area contributed by atoms with E-state index >= 15 is 0 Å². The van der Waals surface area contributed by atoms with Crippen LogP contribution in [0.5, 0.6) is 0 Å². The van der Waals surface area contributed by atoms with Gasteiger partial charge in [-0.25, -0.2) is 0 Å². The highest BCUT2D eigenvalue weighted by molar-refractivity contribution is 5.80. The van der Waals surface area contributed by atoms with Crippen LogP contribution in [0, 0.1) is 0 Å². The Morgan fingerprint density at radius 3 is 2.33 bits per heavy atom. The monoisotopic (exact) mass is 214 g/mol. The fourth-order valence-electron chi connectivity index (χ4n) is 2.03. The number of amides is 1. The maximum Gasteiger partial charge on any atom is 0.239 e. The molecule has 1 aliphatic heterocycles. The van der Waals surface area contributed by atoms with E-state index in [9.17, 15) is 4.79 Å². The molecule has 0 aromatic carbocycles. The number of likely N-dealkylation sites (tertiary alicyclic amines) is 1. The third-order valence-corrected chi connectivity index (χ3v) is 3.16. The second kappa shape index (κ2) is 5.47. The van der Waals surface area contributed by atoms with Gasteiger partial charge >= 0.3 is 0 Å². The molecule has 0 unspecified atom stereocenters. The Hall–Kier alpha value is -0.610. The van der Waals surface area contributed by atoms with Gasteiger partial charge in [-0.15, -0.1) is 0 Å². The van der Waals surface area contributed by atoms with E-state index in [1.165, 1.54) is 0 Å². The molecule has 1 amide bonds. The number of hydrogen-bond donors (Lipinski definition) is 0. The minimum absolute atomic E-state index is 0.00203. The minimum Gasteiger partial charge on any atom is -0.381 e. The first kappa shape index (κ1) is 12.5. The van der Waals surface area contributed by atoms with Crippen molar-refractivity contribution in [2.75, 3.05) is 34.3 Å². The first-order valence-electron chi connectivity index (χ1n) is 5.54. The molecule has 0 aromatic rings. The average molecular weight is 214 g/mol. The number of carbonyl (C=O) groups is 1. The summed E-state index contributed by atoms with van der Waals surface area (Å²) in [7, 11) is 5.37. The molecule has 4 nitrogen and oxygen atoms in total. The number of likely N-dealkylation sites (N-methyl/N-ethyl adjacent to an activating group) is 1. The summed E-state index contributed by atoms with van der Waals surface area (Å²) in [6.07, 6.45) is 2.44. The first-order valence-corrected chi connectivity index (χ1v) is 5.54. The van der Waals surface area contributed by atoms with Gasteiger partial charge in [0.05, 0.1) is 12.1 Å². The van der Waals surface area contributed by atoms with Crippen LogP contribution >= 0.6 is 0 Å². The van der Waals surface area contributed by atoms with Crippen LogP contribution in [-0.2, 0) is 9.53 Å². The van der Waals surface area contributed by atoms with Crippen molar-refractivity contribution in [3.8, 4) is 0 Å². The zero-order valence-corrected chi connectivity index (χ0v) is 10.2. The molecular weight excluding hydrogens is 192 g/mol. The SMILES string of the molecule is COC1CCN([C@H](C)C(=O)N(C)C)CC1. The summed E-state index contributed by atoms with van der Waals surface area (Å²) in [5.74, 6) is 0.186. The molecule has 1 rings (SSSR count). The van der Waals surface area contributed by atoms with Gasteiger partial charge in [0.15, 0.2) is 0 Å². The minimum atomic E-state index is -0.00203. The lowest BCUT2D eigenvalue weighted by atomic mass is 10.1. The van der Waals surface area contributed by atoms with Gasteiger partial charge in [0.2, 0.25) is 5.91 Å². The molecule has 4 heteroatoms. The van der Waals surface area contributed by atoms with Crippen LogP contribution in [0.25, 0.3) is 0 Å². The van der Waals surface area contributed by atoms with E-state index < -0.39 is 0 Å². The van der Waals surface area contributed by atoms with Gasteiger partial charge in [0, 0.05) is 34.3 Å². The quantitative estimate of drug-likeness (QED) is 0.689. The van der Waals surface area contributed by atoms with Crippen LogP contribution in [-0.4, -0.2) is 62.1 Å². The van der Waals surface area contributed by atoms with Crippen molar-refractivity contribution in [2.45, 2.75) is 31.9 Å². The molecule has 0 bridgehead atoms. The standard InChI is InChI=1S/C11H22N2O2/c1-9(11(14)12(2)3)13-7-5-10(15-4)6-8-13/h9-10H,5-8H2,1-4H3/t9-/m1/s1. The van der Waals surface area contributed by atoms with E-state index in [4.69, 9.17) is 4.74 Å². The summed E-state index contributed by atoms with van der Waals surface area (Å²) in [5.41, 5.74) is 0. The molecule has 0 aliphatic carbocycles. The highest BCUT2D eigenvalue weighted by Gasteiger charge is 2.27. The number of methoxy groups -OCH3 is 1. The van der Waals surface area contributed by atoms with Crippen molar-refractivity contribution < 1.29 is 9.53 Å². The number of nitrogens with zero attached hydrogens (tertiary/aromatic N) is 2. The number of ether oxygens (including phenoxy) is 1. The summed E-state index contributed by atoms with van der Waals surface area (Å²) in [4.78, 5) is 15.6. The van der Waals surface area contributed by atoms with Crippen molar-refractivity contribution in [3.63, 3.8) is 0 Å². The van der Waals surface area contributed by atoms with E-state index in [2.05, 4.69) is 4.90 Å². The molecule has 0 saturated carbocycles. The van der Waals surface area contributed by atoms with Crippen LogP contribution < -0.4 is 0 Å². The van der Waals surface area contributed by atoms with Crippen LogP contribution in [0.1, 0.15) is 19.8 Å². The molecule has 1 saturated heterocycles. The molecule has 15 heavy (non-hydrogen) atoms. The second-order valence-electron chi connectivity index (χ2n) is 4.38. The van der Waals surface area contributed by atoms with Crippen LogP contribution in [0.15, 0.2) is 0 Å². The fourth-order valence-corrected chi connectivity index (χ4v) is 2.03. The third-order valence-electron chi connectivity index (χ3n) is 3.16. The summed E-state index contributed by atoms with van der Waals surface area (Å²) in [6, 6.07) is -0.00203. The van der Waals surface area contributed by atoms with E-state index in [0.29, 0.717) is 6.10 Å². The predicted octanol–water partition coefficient (Wildman–Crippen LogP) is 0.574. The Morgan fingerprint density at radius 1 is 1.40 bits per heavy atom. The van der Waals surface area contributed by atoms with Crippen LogP contribution in [0.3, 0.4) is 0 Å². The maximum atomic E-state index is 11.7. The molecule has 0 aromatic heterocycles. The topological polar surface area (TPSA) is 32.8 Å². The summed E-state index contributed by atoms with van der Waals surface area (Å²) in [5, 5.41) is 0. The zero-order chi connectivity index (χ0) is 11.4. The van der Waals surface area contributed by atoms with Gasteiger partial charge in [-0.05, 0) is 19.8 Å². The van der Waals surface area contributed by atoms with Crippen LogP contribution in [0.2, 0.25) is 0 Å². The average Bonchev–Trinajstić information content (AvgIpc) is 2.27. The molecule has 1 atom stereocenters. The Morgan fingerprint density at radius 2 is 1.93 bits per heavy atom. The molecule has 1 heterocycles.